The Kier molecular flexibility index (Phi) is 4.40. The van der Waals surface area contributed by atoms with E-state index in [2.05, 4.69) is 5.32 Å². The first kappa shape index (κ1) is 21.2. The molecule has 2 aromatic heterocycles. The van der Waals surface area contributed by atoms with Crippen molar-refractivity contribution in [1.29, 1.82) is 0 Å². The van der Waals surface area contributed by atoms with Crippen LogP contribution >= 0.6 is 0 Å². The second-order valence-corrected chi connectivity index (χ2v) is 9.05. The van der Waals surface area contributed by atoms with Gasteiger partial charge in [0.15, 0.2) is 22.7 Å². The number of nitrogens with zero attached hydrogens (tertiary/aromatic N) is 2. The average molecular weight is 469 g/mol. The summed E-state index contributed by atoms with van der Waals surface area (Å²) in [6, 6.07) is 3.30. The van der Waals surface area contributed by atoms with Gasteiger partial charge in [0, 0.05) is 29.6 Å². The number of benzene rings is 1. The monoisotopic (exact) mass is 469 g/mol. The smallest absolute Gasteiger partial charge is 0.343 e. The summed E-state index contributed by atoms with van der Waals surface area (Å²) in [7, 11) is 0. The first-order valence-electron chi connectivity index (χ1n) is 11.2. The molecule has 0 bridgehead atoms. The van der Waals surface area contributed by atoms with Gasteiger partial charge in [0.25, 0.3) is 5.56 Å². The van der Waals surface area contributed by atoms with Gasteiger partial charge in [-0.15, -0.1) is 0 Å². The molecular weight excluding hydrogens is 448 g/mol. The highest BCUT2D eigenvalue weighted by Crippen LogP contribution is 2.39. The highest BCUT2D eigenvalue weighted by atomic mass is 19.2. The summed E-state index contributed by atoms with van der Waals surface area (Å²) in [6.45, 7) is 2.67. The van der Waals surface area contributed by atoms with Crippen LogP contribution in [-0.2, 0) is 28.3 Å². The van der Waals surface area contributed by atoms with Crippen molar-refractivity contribution in [2.45, 2.75) is 44.6 Å². The number of nitrogens with one attached hydrogen (secondary N) is 1. The van der Waals surface area contributed by atoms with Crippen LogP contribution in [0.4, 0.5) is 8.78 Å². The topological polar surface area (TPSA) is 103 Å². The van der Waals surface area contributed by atoms with Crippen LogP contribution in [0.2, 0.25) is 0 Å². The largest absolute Gasteiger partial charge is 0.458 e. The van der Waals surface area contributed by atoms with Gasteiger partial charge >= 0.3 is 5.97 Å². The van der Waals surface area contributed by atoms with Gasteiger partial charge in [-0.25, -0.2) is 13.6 Å². The van der Waals surface area contributed by atoms with Gasteiger partial charge in [-0.05, 0) is 31.5 Å². The second kappa shape index (κ2) is 7.07. The van der Waals surface area contributed by atoms with Crippen molar-refractivity contribution in [2.24, 2.45) is 0 Å². The van der Waals surface area contributed by atoms with Gasteiger partial charge < -0.3 is 24.3 Å². The van der Waals surface area contributed by atoms with E-state index in [1.807, 2.05) is 4.57 Å². The number of pyridine rings is 2. The molecule has 0 unspecified atom stereocenters. The van der Waals surface area contributed by atoms with E-state index in [1.54, 1.807) is 6.92 Å². The fourth-order valence-electron chi connectivity index (χ4n) is 5.56. The number of rotatable bonds is 2. The number of carbonyl (C=O) groups excluding carboxylic acids is 1. The number of fused-ring (bicyclic) bond motifs is 5. The molecule has 1 aromatic carbocycles. The fraction of sp³-hybridized carbons (Fsp3) is 0.375. The highest BCUT2D eigenvalue weighted by Gasteiger charge is 2.45. The number of halogens is 2. The predicted octanol–water partition coefficient (Wildman–Crippen LogP) is 1.66. The van der Waals surface area contributed by atoms with Crippen LogP contribution in [0.15, 0.2) is 27.8 Å². The zero-order valence-electron chi connectivity index (χ0n) is 18.3. The first-order chi connectivity index (χ1) is 16.3. The van der Waals surface area contributed by atoms with E-state index in [4.69, 9.17) is 4.74 Å². The number of carbonyl (C=O) groups is 1. The Morgan fingerprint density at radius 3 is 2.68 bits per heavy atom. The molecule has 1 saturated heterocycles. The van der Waals surface area contributed by atoms with E-state index in [0.717, 1.165) is 18.7 Å². The number of esters is 1. The lowest BCUT2D eigenvalue weighted by molar-refractivity contribution is -0.172. The van der Waals surface area contributed by atoms with Crippen molar-refractivity contribution < 1.29 is 23.4 Å². The summed E-state index contributed by atoms with van der Waals surface area (Å²) in [6.07, 6.45) is 0.692. The van der Waals surface area contributed by atoms with Crippen molar-refractivity contribution >= 4 is 16.9 Å². The van der Waals surface area contributed by atoms with Crippen molar-refractivity contribution in [3.8, 4) is 11.3 Å². The highest BCUT2D eigenvalue weighted by molar-refractivity contribution is 5.88. The van der Waals surface area contributed by atoms with Crippen molar-refractivity contribution in [1.82, 2.24) is 14.5 Å². The number of aliphatic hydroxyl groups is 1. The van der Waals surface area contributed by atoms with Gasteiger partial charge in [-0.3, -0.25) is 9.59 Å². The maximum absolute atomic E-state index is 14.3. The Labute approximate surface area is 191 Å². The van der Waals surface area contributed by atoms with Crippen LogP contribution in [0.5, 0.6) is 0 Å². The standard InChI is InChI=1S/C24H21F2N3O5/c1-2-24(33)14-6-18-20-19(9-28(18)22(31)13(14)10-34-23(24)32)29(11-3-4-27-8-11)17-7-16(26)15(25)5-12(17)21(20)30/h5-7,11,27,33H,2-4,8-10H2,1H3/t11-,24+/m1/s1. The quantitative estimate of drug-likeness (QED) is 0.433. The van der Waals surface area contributed by atoms with E-state index >= 15 is 0 Å². The van der Waals surface area contributed by atoms with E-state index in [9.17, 15) is 28.3 Å². The summed E-state index contributed by atoms with van der Waals surface area (Å²) >= 11 is 0. The van der Waals surface area contributed by atoms with E-state index in [1.165, 1.54) is 10.6 Å². The third-order valence-electron chi connectivity index (χ3n) is 7.36. The molecule has 5 heterocycles. The van der Waals surface area contributed by atoms with Gasteiger partial charge in [0.05, 0.1) is 34.6 Å². The minimum absolute atomic E-state index is 0.00772. The SMILES string of the molecule is CC[C@@]1(O)C(=O)OCc2c1cc1n(c2=O)Cc2c-1c(=O)c1cc(F)c(F)cc1n2[C@@H]1CCNC1. The molecular formula is C24H21F2N3O5. The maximum atomic E-state index is 14.3. The number of aromatic nitrogens is 2. The predicted molar refractivity (Wildman–Crippen MR) is 117 cm³/mol. The Balaban J connectivity index is 1.72. The molecule has 0 saturated carbocycles. The van der Waals surface area contributed by atoms with Gasteiger partial charge in [0.1, 0.15) is 6.61 Å². The molecule has 0 spiro atoms. The van der Waals surface area contributed by atoms with E-state index < -0.39 is 34.2 Å². The third-order valence-corrected chi connectivity index (χ3v) is 7.36. The molecule has 6 rings (SSSR count). The normalized spacial score (nSPS) is 23.1. The van der Waals surface area contributed by atoms with Crippen LogP contribution in [0.1, 0.15) is 42.6 Å². The van der Waals surface area contributed by atoms with E-state index in [0.29, 0.717) is 18.7 Å². The molecule has 3 aromatic rings. The zero-order valence-corrected chi connectivity index (χ0v) is 18.3. The molecule has 2 atom stereocenters. The van der Waals surface area contributed by atoms with Gasteiger partial charge in [-0.2, -0.15) is 0 Å². The molecule has 0 radical (unpaired) electrons. The lowest BCUT2D eigenvalue weighted by Crippen LogP contribution is -2.44. The number of ether oxygens (including phenoxy) is 1. The van der Waals surface area contributed by atoms with Crippen LogP contribution < -0.4 is 16.3 Å². The van der Waals surface area contributed by atoms with E-state index in [-0.39, 0.29) is 58.9 Å². The Morgan fingerprint density at radius 2 is 1.97 bits per heavy atom. The average Bonchev–Trinajstić information content (AvgIpc) is 3.47. The Bertz CT molecular complexity index is 1540. The Morgan fingerprint density at radius 1 is 1.21 bits per heavy atom. The molecule has 3 aliphatic heterocycles. The number of cyclic esters (lactones) is 1. The van der Waals surface area contributed by atoms with Crippen LogP contribution in [0, 0.1) is 11.6 Å². The molecule has 176 valence electrons. The van der Waals surface area contributed by atoms with Crippen molar-refractivity contribution in [3.63, 3.8) is 0 Å². The fourth-order valence-corrected chi connectivity index (χ4v) is 5.56. The molecule has 3 aliphatic rings. The first-order valence-corrected chi connectivity index (χ1v) is 11.2. The van der Waals surface area contributed by atoms with Gasteiger partial charge in [0.2, 0.25) is 0 Å². The molecule has 0 aliphatic carbocycles. The van der Waals surface area contributed by atoms with Gasteiger partial charge in [-0.1, -0.05) is 6.92 Å². The molecule has 34 heavy (non-hydrogen) atoms. The molecule has 10 heteroatoms. The van der Waals surface area contributed by atoms with Crippen LogP contribution in [0.25, 0.3) is 22.2 Å². The Hall–Kier alpha value is -3.37. The molecule has 2 N–H and O–H groups in total. The zero-order chi connectivity index (χ0) is 23.9. The summed E-state index contributed by atoms with van der Waals surface area (Å²) in [5.41, 5.74) is -1.51. The third kappa shape index (κ3) is 2.60. The molecule has 8 nitrogen and oxygen atoms in total. The number of hydrogen-bond acceptors (Lipinski definition) is 6. The summed E-state index contributed by atoms with van der Waals surface area (Å²) in [5.74, 6) is -3.04. The minimum atomic E-state index is -2.01. The minimum Gasteiger partial charge on any atom is -0.458 e. The summed E-state index contributed by atoms with van der Waals surface area (Å²) < 4.78 is 36.8. The molecule has 1 fully saturated rings. The van der Waals surface area contributed by atoms with Crippen molar-refractivity contribution in [2.75, 3.05) is 13.1 Å². The van der Waals surface area contributed by atoms with Crippen LogP contribution in [-0.4, -0.2) is 33.3 Å². The van der Waals surface area contributed by atoms with Crippen molar-refractivity contribution in [3.05, 3.63) is 67.2 Å². The number of hydrogen-bond donors (Lipinski definition) is 2. The summed E-state index contributed by atoms with van der Waals surface area (Å²) in [4.78, 5) is 39.4. The molecule has 0 amide bonds. The lowest BCUT2D eigenvalue weighted by atomic mass is 9.85. The maximum Gasteiger partial charge on any atom is 0.343 e. The van der Waals surface area contributed by atoms with Crippen LogP contribution in [0.3, 0.4) is 0 Å². The lowest BCUT2D eigenvalue weighted by Gasteiger charge is -2.31. The second-order valence-electron chi connectivity index (χ2n) is 9.05. The summed E-state index contributed by atoms with van der Waals surface area (Å²) in [5, 5.41) is 14.3.